The van der Waals surface area contributed by atoms with Crippen molar-refractivity contribution in [2.45, 2.75) is 19.9 Å². The number of hydrogen-bond acceptors (Lipinski definition) is 2. The molecule has 14 heavy (non-hydrogen) atoms. The molecule has 2 N–H and O–H groups in total. The summed E-state index contributed by atoms with van der Waals surface area (Å²) in [5.74, 6) is 0. The molecule has 0 atom stereocenters. The summed E-state index contributed by atoms with van der Waals surface area (Å²) in [6.45, 7) is 6.18. The minimum atomic E-state index is 0.765. The molecule has 0 unspecified atom stereocenters. The van der Waals surface area contributed by atoms with E-state index < -0.39 is 0 Å². The van der Waals surface area contributed by atoms with Gasteiger partial charge in [-0.05, 0) is 24.5 Å². The molecule has 0 aromatic heterocycles. The number of hydrogen-bond donors (Lipinski definition) is 1. The number of nitrogens with zero attached hydrogens (tertiary/aromatic N) is 1. The molecule has 76 valence electrons. The molecular formula is C12H18N2. The minimum Gasteiger partial charge on any atom is -0.329 e. The molecule has 1 aromatic carbocycles. The van der Waals surface area contributed by atoms with Gasteiger partial charge in [0.05, 0.1) is 0 Å². The van der Waals surface area contributed by atoms with Crippen LogP contribution in [0, 0.1) is 6.92 Å². The van der Waals surface area contributed by atoms with Crippen LogP contribution in [0.1, 0.15) is 16.7 Å². The first kappa shape index (κ1) is 9.69. The van der Waals surface area contributed by atoms with Gasteiger partial charge in [0.15, 0.2) is 0 Å². The first-order valence-electron chi connectivity index (χ1n) is 5.30. The van der Waals surface area contributed by atoms with Crippen molar-refractivity contribution >= 4 is 0 Å². The molecule has 0 amide bonds. The van der Waals surface area contributed by atoms with Gasteiger partial charge in [0, 0.05) is 26.2 Å². The van der Waals surface area contributed by atoms with Crippen molar-refractivity contribution in [1.29, 1.82) is 0 Å². The van der Waals surface area contributed by atoms with Crippen LogP contribution in [0.5, 0.6) is 0 Å². The van der Waals surface area contributed by atoms with Gasteiger partial charge in [0.25, 0.3) is 0 Å². The van der Waals surface area contributed by atoms with Crippen LogP contribution in [0.15, 0.2) is 18.2 Å². The minimum absolute atomic E-state index is 0.765. The fourth-order valence-corrected chi connectivity index (χ4v) is 2.11. The van der Waals surface area contributed by atoms with Gasteiger partial charge in [0.2, 0.25) is 0 Å². The third-order valence-electron chi connectivity index (χ3n) is 2.90. The molecule has 2 nitrogen and oxygen atoms in total. The number of nitrogens with two attached hydrogens (primary N) is 1. The van der Waals surface area contributed by atoms with Gasteiger partial charge in [0.1, 0.15) is 0 Å². The Morgan fingerprint density at radius 1 is 1.36 bits per heavy atom. The summed E-state index contributed by atoms with van der Waals surface area (Å²) >= 11 is 0. The summed E-state index contributed by atoms with van der Waals surface area (Å²) in [7, 11) is 0. The lowest BCUT2D eigenvalue weighted by atomic mass is 9.98. The highest BCUT2D eigenvalue weighted by atomic mass is 15.1. The van der Waals surface area contributed by atoms with Gasteiger partial charge in [-0.25, -0.2) is 0 Å². The molecule has 0 aliphatic carbocycles. The van der Waals surface area contributed by atoms with Crippen molar-refractivity contribution in [1.82, 2.24) is 4.90 Å². The van der Waals surface area contributed by atoms with Crippen LogP contribution in [0.25, 0.3) is 0 Å². The Bertz CT molecular complexity index is 320. The maximum atomic E-state index is 5.56. The Labute approximate surface area is 85.7 Å². The zero-order valence-electron chi connectivity index (χ0n) is 8.79. The summed E-state index contributed by atoms with van der Waals surface area (Å²) in [6.07, 6.45) is 1.18. The molecular weight excluding hydrogens is 172 g/mol. The number of benzene rings is 1. The molecule has 2 heteroatoms. The van der Waals surface area contributed by atoms with E-state index in [1.54, 1.807) is 0 Å². The molecule has 0 spiro atoms. The molecule has 1 aliphatic heterocycles. The second-order valence-corrected chi connectivity index (χ2v) is 4.09. The molecule has 2 rings (SSSR count). The van der Waals surface area contributed by atoms with Crippen molar-refractivity contribution in [3.05, 3.63) is 34.9 Å². The first-order valence-corrected chi connectivity index (χ1v) is 5.30. The smallest absolute Gasteiger partial charge is 0.0237 e. The highest BCUT2D eigenvalue weighted by molar-refractivity contribution is 5.33. The van der Waals surface area contributed by atoms with E-state index in [-0.39, 0.29) is 0 Å². The van der Waals surface area contributed by atoms with Gasteiger partial charge in [-0.2, -0.15) is 0 Å². The van der Waals surface area contributed by atoms with Crippen LogP contribution in [-0.4, -0.2) is 24.5 Å². The van der Waals surface area contributed by atoms with Crippen LogP contribution in [0.3, 0.4) is 0 Å². The van der Waals surface area contributed by atoms with E-state index in [2.05, 4.69) is 30.0 Å². The summed E-state index contributed by atoms with van der Waals surface area (Å²) in [6, 6.07) is 6.77. The number of rotatable bonds is 2. The number of fused-ring (bicyclic) bond motifs is 1. The largest absolute Gasteiger partial charge is 0.329 e. The Morgan fingerprint density at radius 3 is 3.00 bits per heavy atom. The lowest BCUT2D eigenvalue weighted by Crippen LogP contribution is -2.34. The normalized spacial score (nSPS) is 16.7. The first-order chi connectivity index (χ1) is 6.79. The van der Waals surface area contributed by atoms with Crippen molar-refractivity contribution < 1.29 is 0 Å². The summed E-state index contributed by atoms with van der Waals surface area (Å²) in [5.41, 5.74) is 9.94. The van der Waals surface area contributed by atoms with Crippen LogP contribution in [0.4, 0.5) is 0 Å². The zero-order chi connectivity index (χ0) is 9.97. The predicted octanol–water partition coefficient (Wildman–Crippen LogP) is 1.31. The van der Waals surface area contributed by atoms with Crippen LogP contribution in [-0.2, 0) is 13.0 Å². The summed E-state index contributed by atoms with van der Waals surface area (Å²) < 4.78 is 0. The van der Waals surface area contributed by atoms with Crippen molar-refractivity contribution in [3.63, 3.8) is 0 Å². The van der Waals surface area contributed by atoms with E-state index in [1.165, 1.54) is 23.1 Å². The predicted molar refractivity (Wildman–Crippen MR) is 59.2 cm³/mol. The summed E-state index contributed by atoms with van der Waals surface area (Å²) in [5, 5.41) is 0. The maximum absolute atomic E-state index is 5.56. The fourth-order valence-electron chi connectivity index (χ4n) is 2.11. The quantitative estimate of drug-likeness (QED) is 0.762. The van der Waals surface area contributed by atoms with E-state index in [0.29, 0.717) is 0 Å². The molecule has 1 heterocycles. The van der Waals surface area contributed by atoms with Crippen LogP contribution >= 0.6 is 0 Å². The molecule has 0 bridgehead atoms. The average Bonchev–Trinajstić information content (AvgIpc) is 2.19. The zero-order valence-corrected chi connectivity index (χ0v) is 8.79. The lowest BCUT2D eigenvalue weighted by Gasteiger charge is -2.28. The Morgan fingerprint density at radius 2 is 2.21 bits per heavy atom. The van der Waals surface area contributed by atoms with Gasteiger partial charge in [-0.15, -0.1) is 0 Å². The Hall–Kier alpha value is -0.860. The van der Waals surface area contributed by atoms with E-state index in [1.807, 2.05) is 0 Å². The van der Waals surface area contributed by atoms with Crippen molar-refractivity contribution in [2.24, 2.45) is 5.73 Å². The summed E-state index contributed by atoms with van der Waals surface area (Å²) in [4.78, 5) is 2.43. The van der Waals surface area contributed by atoms with Gasteiger partial charge in [-0.3, -0.25) is 4.90 Å². The number of aryl methyl sites for hydroxylation is 1. The van der Waals surface area contributed by atoms with Crippen molar-refractivity contribution in [3.8, 4) is 0 Å². The van der Waals surface area contributed by atoms with E-state index in [9.17, 15) is 0 Å². The highest BCUT2D eigenvalue weighted by Crippen LogP contribution is 2.19. The fraction of sp³-hybridized carbons (Fsp3) is 0.500. The molecule has 0 saturated heterocycles. The Kier molecular flexibility index (Phi) is 2.85. The van der Waals surface area contributed by atoms with Crippen LogP contribution in [0.2, 0.25) is 0 Å². The van der Waals surface area contributed by atoms with E-state index in [4.69, 9.17) is 5.73 Å². The van der Waals surface area contributed by atoms with Crippen molar-refractivity contribution in [2.75, 3.05) is 19.6 Å². The third-order valence-corrected chi connectivity index (χ3v) is 2.90. The standard InChI is InChI=1S/C12H18N2/c1-10-2-3-12-9-14(7-5-13)6-4-11(12)8-10/h2-3,8H,4-7,9,13H2,1H3. The second kappa shape index (κ2) is 4.11. The molecule has 1 aliphatic rings. The monoisotopic (exact) mass is 190 g/mol. The molecule has 0 saturated carbocycles. The van der Waals surface area contributed by atoms with E-state index >= 15 is 0 Å². The molecule has 0 radical (unpaired) electrons. The molecule has 1 aromatic rings. The second-order valence-electron chi connectivity index (χ2n) is 4.09. The highest BCUT2D eigenvalue weighted by Gasteiger charge is 2.14. The lowest BCUT2D eigenvalue weighted by molar-refractivity contribution is 0.261. The Balaban J connectivity index is 2.15. The van der Waals surface area contributed by atoms with Gasteiger partial charge in [-0.1, -0.05) is 23.8 Å². The van der Waals surface area contributed by atoms with Crippen LogP contribution < -0.4 is 5.73 Å². The topological polar surface area (TPSA) is 29.3 Å². The van der Waals surface area contributed by atoms with Gasteiger partial charge >= 0.3 is 0 Å². The SMILES string of the molecule is Cc1ccc2c(c1)CCN(CCN)C2. The average molecular weight is 190 g/mol. The maximum Gasteiger partial charge on any atom is 0.0237 e. The van der Waals surface area contributed by atoms with Gasteiger partial charge < -0.3 is 5.73 Å². The third kappa shape index (κ3) is 1.97. The molecule has 0 fully saturated rings. The van der Waals surface area contributed by atoms with E-state index in [0.717, 1.165) is 26.2 Å².